The molecule has 3 nitrogen and oxygen atoms in total. The second-order valence-corrected chi connectivity index (χ2v) is 3.57. The van der Waals surface area contributed by atoms with Crippen LogP contribution in [0.3, 0.4) is 0 Å². The first-order chi connectivity index (χ1) is 5.24. The molecule has 0 radical (unpaired) electrons. The molecule has 0 aromatic heterocycles. The van der Waals surface area contributed by atoms with Crippen LogP contribution in [-0.4, -0.2) is 31.5 Å². The zero-order valence-electron chi connectivity index (χ0n) is 6.91. The molecule has 1 fully saturated rings. The van der Waals surface area contributed by atoms with Gasteiger partial charge in [0.15, 0.2) is 9.03 Å². The van der Waals surface area contributed by atoms with Gasteiger partial charge in [-0.25, -0.2) is 0 Å². The monoisotopic (exact) mass is 176 g/mol. The van der Waals surface area contributed by atoms with Gasteiger partial charge in [0, 0.05) is 6.00 Å². The molecule has 0 bridgehead atoms. The van der Waals surface area contributed by atoms with Crippen molar-refractivity contribution in [3.8, 4) is 0 Å². The van der Waals surface area contributed by atoms with Crippen LogP contribution in [-0.2, 0) is 9.26 Å². The average Bonchev–Trinajstić information content (AvgIpc) is 2.26. The maximum atomic E-state index is 8.43. The Bertz CT molecular complexity index is 124. The summed E-state index contributed by atoms with van der Waals surface area (Å²) in [5, 5.41) is 0. The molecule has 1 saturated heterocycles. The van der Waals surface area contributed by atoms with Crippen LogP contribution in [0, 0.1) is 5.92 Å². The van der Waals surface area contributed by atoms with E-state index in [9.17, 15) is 0 Å². The lowest BCUT2D eigenvalue weighted by molar-refractivity contribution is 0.0394. The molecule has 1 aliphatic rings. The van der Waals surface area contributed by atoms with Gasteiger partial charge in [0.1, 0.15) is 7.85 Å². The van der Waals surface area contributed by atoms with E-state index >= 15 is 0 Å². The molecule has 11 heavy (non-hydrogen) atoms. The standard InChI is InChI=1S/C6H14BO3P/c1-4-2-6(7)10-5(4)3-9-11-8/h4-6,8,11H,2-3,7H2,1H3. The Labute approximate surface area is 69.8 Å². The first-order valence-corrected chi connectivity index (χ1v) is 4.76. The summed E-state index contributed by atoms with van der Waals surface area (Å²) >= 11 is 0. The summed E-state index contributed by atoms with van der Waals surface area (Å²) in [4.78, 5) is 8.43. The molecule has 5 heteroatoms. The lowest BCUT2D eigenvalue weighted by Crippen LogP contribution is -2.19. The third-order valence-electron chi connectivity index (χ3n) is 2.06. The normalized spacial score (nSPS) is 38.9. The van der Waals surface area contributed by atoms with E-state index in [4.69, 9.17) is 14.2 Å². The minimum atomic E-state index is -0.414. The van der Waals surface area contributed by atoms with Gasteiger partial charge in [0.2, 0.25) is 0 Å². The van der Waals surface area contributed by atoms with Crippen LogP contribution < -0.4 is 0 Å². The number of hydrogen-bond acceptors (Lipinski definition) is 3. The second kappa shape index (κ2) is 4.41. The summed E-state index contributed by atoms with van der Waals surface area (Å²) in [6, 6.07) is 0.348. The third-order valence-corrected chi connectivity index (χ3v) is 2.35. The van der Waals surface area contributed by atoms with Gasteiger partial charge in [-0.3, -0.25) is 0 Å². The van der Waals surface area contributed by atoms with Gasteiger partial charge in [-0.15, -0.1) is 0 Å². The molecule has 4 atom stereocenters. The Morgan fingerprint density at radius 1 is 1.82 bits per heavy atom. The summed E-state index contributed by atoms with van der Waals surface area (Å²) in [5.41, 5.74) is 0. The molecular weight excluding hydrogens is 162 g/mol. The molecule has 64 valence electrons. The first-order valence-electron chi connectivity index (χ1n) is 3.90. The van der Waals surface area contributed by atoms with Crippen molar-refractivity contribution in [1.29, 1.82) is 0 Å². The molecule has 0 amide bonds. The largest absolute Gasteiger partial charge is 0.381 e. The summed E-state index contributed by atoms with van der Waals surface area (Å²) in [6.45, 7) is 2.68. The maximum absolute atomic E-state index is 8.43. The summed E-state index contributed by atoms with van der Waals surface area (Å²) in [7, 11) is 1.65. The molecule has 0 aromatic carbocycles. The highest BCUT2D eigenvalue weighted by Crippen LogP contribution is 2.25. The Morgan fingerprint density at radius 3 is 3.00 bits per heavy atom. The van der Waals surface area contributed by atoms with Crippen LogP contribution in [0.2, 0.25) is 0 Å². The van der Waals surface area contributed by atoms with Gasteiger partial charge in [-0.05, 0) is 12.3 Å². The van der Waals surface area contributed by atoms with Gasteiger partial charge >= 0.3 is 0 Å². The predicted octanol–water partition coefficient (Wildman–Crippen LogP) is -0.112. The van der Waals surface area contributed by atoms with Gasteiger partial charge in [0.05, 0.1) is 12.7 Å². The van der Waals surface area contributed by atoms with Crippen molar-refractivity contribution < 1.29 is 14.2 Å². The fourth-order valence-electron chi connectivity index (χ4n) is 1.49. The van der Waals surface area contributed by atoms with Crippen molar-refractivity contribution in [3.05, 3.63) is 0 Å². The quantitative estimate of drug-likeness (QED) is 0.481. The van der Waals surface area contributed by atoms with E-state index in [0.717, 1.165) is 6.42 Å². The molecule has 1 heterocycles. The molecule has 4 unspecified atom stereocenters. The fraction of sp³-hybridized carbons (Fsp3) is 1.00. The van der Waals surface area contributed by atoms with E-state index in [1.807, 2.05) is 0 Å². The van der Waals surface area contributed by atoms with Crippen LogP contribution in [0.4, 0.5) is 0 Å². The molecule has 0 aromatic rings. The Morgan fingerprint density at radius 2 is 2.55 bits per heavy atom. The van der Waals surface area contributed by atoms with E-state index in [-0.39, 0.29) is 6.10 Å². The van der Waals surface area contributed by atoms with Crippen LogP contribution in [0.15, 0.2) is 0 Å². The van der Waals surface area contributed by atoms with Crippen LogP contribution in [0.1, 0.15) is 13.3 Å². The molecule has 1 rings (SSSR count). The molecule has 1 N–H and O–H groups in total. The SMILES string of the molecule is BC1CC(C)C(COPO)O1. The van der Waals surface area contributed by atoms with Crippen LogP contribution in [0.5, 0.6) is 0 Å². The average molecular weight is 176 g/mol. The number of ether oxygens (including phenoxy) is 1. The van der Waals surface area contributed by atoms with Crippen LogP contribution in [0.25, 0.3) is 0 Å². The van der Waals surface area contributed by atoms with Crippen molar-refractivity contribution in [2.45, 2.75) is 25.5 Å². The lowest BCUT2D eigenvalue weighted by Gasteiger charge is -2.13. The number of rotatable bonds is 3. The zero-order chi connectivity index (χ0) is 8.27. The van der Waals surface area contributed by atoms with E-state index in [1.54, 1.807) is 0 Å². The molecule has 0 aliphatic carbocycles. The predicted molar refractivity (Wildman–Crippen MR) is 47.5 cm³/mol. The van der Waals surface area contributed by atoms with Crippen molar-refractivity contribution in [2.75, 3.05) is 6.61 Å². The summed E-state index contributed by atoms with van der Waals surface area (Å²) < 4.78 is 10.4. The lowest BCUT2D eigenvalue weighted by atomic mass is 9.92. The van der Waals surface area contributed by atoms with E-state index in [1.165, 1.54) is 0 Å². The molecule has 1 aliphatic heterocycles. The third kappa shape index (κ3) is 2.71. The van der Waals surface area contributed by atoms with Crippen LogP contribution >= 0.6 is 9.03 Å². The highest BCUT2D eigenvalue weighted by Gasteiger charge is 2.29. The minimum Gasteiger partial charge on any atom is -0.381 e. The van der Waals surface area contributed by atoms with Gasteiger partial charge in [-0.2, -0.15) is 0 Å². The summed E-state index contributed by atoms with van der Waals surface area (Å²) in [6.07, 6.45) is 1.28. The first kappa shape index (κ1) is 9.46. The minimum absolute atomic E-state index is 0.185. The van der Waals surface area contributed by atoms with Crippen molar-refractivity contribution in [2.24, 2.45) is 5.92 Å². The van der Waals surface area contributed by atoms with Crippen molar-refractivity contribution in [3.63, 3.8) is 0 Å². The Hall–Kier alpha value is 0.375. The fourth-order valence-corrected chi connectivity index (χ4v) is 1.73. The van der Waals surface area contributed by atoms with Crippen molar-refractivity contribution >= 4 is 16.9 Å². The van der Waals surface area contributed by atoms with Gasteiger partial charge in [0.25, 0.3) is 0 Å². The second-order valence-electron chi connectivity index (χ2n) is 3.10. The highest BCUT2D eigenvalue weighted by molar-refractivity contribution is 7.24. The molecular formula is C6H14BO3P. The molecule has 0 spiro atoms. The van der Waals surface area contributed by atoms with Gasteiger partial charge < -0.3 is 14.2 Å². The van der Waals surface area contributed by atoms with Crippen molar-refractivity contribution in [1.82, 2.24) is 0 Å². The number of hydrogen-bond donors (Lipinski definition) is 1. The summed E-state index contributed by atoms with van der Waals surface area (Å²) in [5.74, 6) is 0.557. The topological polar surface area (TPSA) is 38.7 Å². The zero-order valence-corrected chi connectivity index (χ0v) is 7.91. The Kier molecular flexibility index (Phi) is 3.80. The Balaban J connectivity index is 2.23. The highest BCUT2D eigenvalue weighted by atomic mass is 31.1. The molecule has 0 saturated carbocycles. The van der Waals surface area contributed by atoms with E-state index in [2.05, 4.69) is 14.8 Å². The maximum Gasteiger partial charge on any atom is 0.152 e. The van der Waals surface area contributed by atoms with E-state index < -0.39 is 9.03 Å². The van der Waals surface area contributed by atoms with E-state index in [0.29, 0.717) is 18.5 Å². The van der Waals surface area contributed by atoms with Gasteiger partial charge in [-0.1, -0.05) is 6.92 Å². The smallest absolute Gasteiger partial charge is 0.152 e.